The van der Waals surface area contributed by atoms with Crippen LogP contribution in [0.5, 0.6) is 0 Å². The average molecular weight is 262 g/mol. The fraction of sp³-hybridized carbons (Fsp3) is 0.600. The highest BCUT2D eigenvalue weighted by Gasteiger charge is 2.33. The fourth-order valence-electron chi connectivity index (χ4n) is 1.31. The Labute approximate surface area is 117 Å². The van der Waals surface area contributed by atoms with Crippen LogP contribution in [0.3, 0.4) is 0 Å². The van der Waals surface area contributed by atoms with Crippen LogP contribution in [0.15, 0.2) is 30.3 Å². The largest absolute Gasteiger partial charge is 0.434 e. The molecule has 1 radical (unpaired) electrons. The van der Waals surface area contributed by atoms with Crippen LogP contribution in [0, 0.1) is 0 Å². The zero-order valence-corrected chi connectivity index (χ0v) is 12.5. The number of ether oxygens (including phenoxy) is 1. The molecule has 4 heteroatoms. The molecule has 0 saturated heterocycles. The van der Waals surface area contributed by atoms with E-state index < -0.39 is 0 Å². The van der Waals surface area contributed by atoms with Gasteiger partial charge < -0.3 is 15.1 Å². The highest BCUT2D eigenvalue weighted by atomic mass is 16.5. The average Bonchev–Trinajstić information content (AvgIpc) is 2.33. The van der Waals surface area contributed by atoms with Crippen molar-refractivity contribution >= 4 is 7.48 Å². The summed E-state index contributed by atoms with van der Waals surface area (Å²) >= 11 is 0. The first-order valence-electron chi connectivity index (χ1n) is 6.73. The summed E-state index contributed by atoms with van der Waals surface area (Å²) in [6.07, 6.45) is 0.756. The van der Waals surface area contributed by atoms with Gasteiger partial charge in [0.05, 0.1) is 12.2 Å². The molecule has 0 fully saturated rings. The number of benzene rings is 1. The first-order valence-corrected chi connectivity index (χ1v) is 6.73. The van der Waals surface area contributed by atoms with E-state index in [0.717, 1.165) is 6.32 Å². The van der Waals surface area contributed by atoms with Crippen LogP contribution in [0.25, 0.3) is 0 Å². The molecule has 2 N–H and O–H groups in total. The lowest BCUT2D eigenvalue weighted by Gasteiger charge is -2.38. The molecule has 0 unspecified atom stereocenters. The van der Waals surface area contributed by atoms with E-state index in [-0.39, 0.29) is 11.1 Å². The minimum atomic E-state index is -0.383. The molecule has 1 aromatic rings. The van der Waals surface area contributed by atoms with Gasteiger partial charge in [-0.1, -0.05) is 30.3 Å². The Balaban J connectivity index is 2.12. The van der Waals surface area contributed by atoms with Gasteiger partial charge in [0, 0.05) is 12.1 Å². The number of hydrogen-bond donors (Lipinski definition) is 1. The first-order chi connectivity index (χ1) is 8.83. The molecule has 0 saturated carbocycles. The zero-order valence-electron chi connectivity index (χ0n) is 12.5. The maximum Gasteiger partial charge on any atom is 0.295 e. The van der Waals surface area contributed by atoms with E-state index >= 15 is 0 Å². The van der Waals surface area contributed by atoms with Crippen molar-refractivity contribution in [1.82, 2.24) is 0 Å². The first kappa shape index (κ1) is 16.2. The van der Waals surface area contributed by atoms with Crippen molar-refractivity contribution < 1.29 is 9.39 Å². The SMILES string of the molecule is CC(C)(N)C(C)(C)O[B]CCOCc1ccccc1. The van der Waals surface area contributed by atoms with Gasteiger partial charge in [0.15, 0.2) is 0 Å². The van der Waals surface area contributed by atoms with E-state index in [1.807, 2.05) is 45.9 Å². The molecule has 0 aliphatic rings. The van der Waals surface area contributed by atoms with Crippen molar-refractivity contribution in [2.75, 3.05) is 6.61 Å². The van der Waals surface area contributed by atoms with Crippen LogP contribution in [0.1, 0.15) is 33.3 Å². The van der Waals surface area contributed by atoms with Crippen molar-refractivity contribution in [3.63, 3.8) is 0 Å². The molecule has 1 aromatic carbocycles. The molecule has 0 bridgehead atoms. The molecule has 0 spiro atoms. The lowest BCUT2D eigenvalue weighted by Crippen LogP contribution is -2.54. The second kappa shape index (κ2) is 7.08. The van der Waals surface area contributed by atoms with Crippen LogP contribution < -0.4 is 5.73 Å². The van der Waals surface area contributed by atoms with Gasteiger partial charge in [0.1, 0.15) is 0 Å². The highest BCUT2D eigenvalue weighted by Crippen LogP contribution is 2.22. The summed E-state index contributed by atoms with van der Waals surface area (Å²) in [5, 5.41) is 0. The van der Waals surface area contributed by atoms with Crippen molar-refractivity contribution in [3.05, 3.63) is 35.9 Å². The van der Waals surface area contributed by atoms with E-state index in [4.69, 9.17) is 15.1 Å². The molecule has 19 heavy (non-hydrogen) atoms. The van der Waals surface area contributed by atoms with Crippen LogP contribution in [0.4, 0.5) is 0 Å². The van der Waals surface area contributed by atoms with E-state index in [2.05, 4.69) is 12.1 Å². The smallest absolute Gasteiger partial charge is 0.295 e. The molecule has 1 rings (SSSR count). The standard InChI is InChI=1S/C15H25BNO2/c1-14(2,17)15(3,4)19-16-10-11-18-12-13-8-6-5-7-9-13/h5-9H,10-12,17H2,1-4H3. The molecule has 105 valence electrons. The molecular weight excluding hydrogens is 237 g/mol. The minimum absolute atomic E-state index is 0.381. The fourth-order valence-corrected chi connectivity index (χ4v) is 1.31. The lowest BCUT2D eigenvalue weighted by molar-refractivity contribution is 0.0415. The lowest BCUT2D eigenvalue weighted by atomic mass is 9.83. The molecule has 0 aromatic heterocycles. The van der Waals surface area contributed by atoms with Crippen molar-refractivity contribution in [2.45, 2.75) is 51.8 Å². The van der Waals surface area contributed by atoms with Crippen LogP contribution >= 0.6 is 0 Å². The Morgan fingerprint density at radius 3 is 2.32 bits per heavy atom. The van der Waals surface area contributed by atoms with Gasteiger partial charge in [-0.15, -0.1) is 0 Å². The van der Waals surface area contributed by atoms with Crippen molar-refractivity contribution in [1.29, 1.82) is 0 Å². The second-order valence-electron chi connectivity index (χ2n) is 5.84. The maximum atomic E-state index is 6.05. The molecule has 0 atom stereocenters. The Hall–Kier alpha value is -0.835. The van der Waals surface area contributed by atoms with E-state index in [0.29, 0.717) is 13.2 Å². The summed E-state index contributed by atoms with van der Waals surface area (Å²) in [4.78, 5) is 0. The van der Waals surface area contributed by atoms with Crippen molar-refractivity contribution in [3.8, 4) is 0 Å². The quantitative estimate of drug-likeness (QED) is 0.578. The summed E-state index contributed by atoms with van der Waals surface area (Å²) < 4.78 is 11.3. The molecule has 0 aliphatic carbocycles. The monoisotopic (exact) mass is 262 g/mol. The van der Waals surface area contributed by atoms with Gasteiger partial charge in [0.25, 0.3) is 7.48 Å². The Morgan fingerprint density at radius 1 is 1.11 bits per heavy atom. The summed E-state index contributed by atoms with van der Waals surface area (Å²) in [5.41, 5.74) is 6.48. The molecule has 0 amide bonds. The van der Waals surface area contributed by atoms with E-state index in [1.54, 1.807) is 7.48 Å². The van der Waals surface area contributed by atoms with Gasteiger partial charge in [-0.2, -0.15) is 0 Å². The minimum Gasteiger partial charge on any atom is -0.434 e. The molecular formula is C15H25BNO2. The van der Waals surface area contributed by atoms with Gasteiger partial charge in [0.2, 0.25) is 0 Å². The van der Waals surface area contributed by atoms with Gasteiger partial charge in [-0.05, 0) is 39.6 Å². The highest BCUT2D eigenvalue weighted by molar-refractivity contribution is 6.27. The van der Waals surface area contributed by atoms with Crippen LogP contribution in [-0.2, 0) is 16.0 Å². The predicted molar refractivity (Wildman–Crippen MR) is 80.1 cm³/mol. The van der Waals surface area contributed by atoms with E-state index in [9.17, 15) is 0 Å². The summed E-state index contributed by atoms with van der Waals surface area (Å²) in [6.45, 7) is 9.21. The number of hydrogen-bond acceptors (Lipinski definition) is 3. The Morgan fingerprint density at radius 2 is 1.74 bits per heavy atom. The summed E-state index contributed by atoms with van der Waals surface area (Å²) in [5.74, 6) is 0. The van der Waals surface area contributed by atoms with Crippen LogP contribution in [-0.4, -0.2) is 25.2 Å². The summed E-state index contributed by atoms with van der Waals surface area (Å²) in [7, 11) is 1.79. The normalized spacial score (nSPS) is 12.5. The number of nitrogens with two attached hydrogens (primary N) is 1. The third kappa shape index (κ3) is 5.77. The predicted octanol–water partition coefficient (Wildman–Crippen LogP) is 2.77. The van der Waals surface area contributed by atoms with Gasteiger partial charge in [-0.25, -0.2) is 0 Å². The molecule has 3 nitrogen and oxygen atoms in total. The van der Waals surface area contributed by atoms with Crippen LogP contribution in [0.2, 0.25) is 6.32 Å². The number of rotatable bonds is 8. The Bertz CT molecular complexity index is 360. The molecule has 0 aliphatic heterocycles. The van der Waals surface area contributed by atoms with Crippen molar-refractivity contribution in [2.24, 2.45) is 5.73 Å². The second-order valence-corrected chi connectivity index (χ2v) is 5.84. The van der Waals surface area contributed by atoms with Gasteiger partial charge >= 0.3 is 0 Å². The van der Waals surface area contributed by atoms with E-state index in [1.165, 1.54) is 5.56 Å². The Kier molecular flexibility index (Phi) is 6.05. The third-order valence-corrected chi connectivity index (χ3v) is 3.42. The third-order valence-electron chi connectivity index (χ3n) is 3.42. The van der Waals surface area contributed by atoms with Gasteiger partial charge in [-0.3, -0.25) is 0 Å². The zero-order chi connectivity index (χ0) is 14.4. The topological polar surface area (TPSA) is 44.5 Å². The maximum absolute atomic E-state index is 6.05. The molecule has 0 heterocycles. The summed E-state index contributed by atoms with van der Waals surface area (Å²) in [6, 6.07) is 10.1.